The summed E-state index contributed by atoms with van der Waals surface area (Å²) >= 11 is 0. The van der Waals surface area contributed by atoms with Crippen LogP contribution in [-0.2, 0) is 0 Å². The molecule has 0 spiro atoms. The van der Waals surface area contributed by atoms with Crippen molar-refractivity contribution in [3.63, 3.8) is 0 Å². The molecule has 3 rings (SSSR count). The lowest BCUT2D eigenvalue weighted by Crippen LogP contribution is -2.05. The quantitative estimate of drug-likeness (QED) is 0.658. The maximum absolute atomic E-state index is 9.56. The zero-order valence-electron chi connectivity index (χ0n) is 15.1. The molecule has 0 bridgehead atoms. The number of fused-ring (bicyclic) bond motifs is 1. The van der Waals surface area contributed by atoms with Crippen LogP contribution in [0.2, 0.25) is 0 Å². The molecule has 0 saturated carbocycles. The number of imidazole rings is 1. The summed E-state index contributed by atoms with van der Waals surface area (Å²) in [5.41, 5.74) is 3.03. The predicted molar refractivity (Wildman–Crippen MR) is 103 cm³/mol. The molecule has 1 heterocycles. The van der Waals surface area contributed by atoms with E-state index in [0.717, 1.165) is 16.6 Å². The molecule has 132 valence electrons. The van der Waals surface area contributed by atoms with Gasteiger partial charge in [-0.05, 0) is 41.8 Å². The number of nitrogens with one attached hydrogen (secondary N) is 1. The first-order chi connectivity index (χ1) is 12.6. The normalized spacial score (nSPS) is 11.6. The number of hydrogen-bond donors (Lipinski definition) is 1. The smallest absolute Gasteiger partial charge is 0.161 e. The summed E-state index contributed by atoms with van der Waals surface area (Å²) in [5.74, 6) is 2.31. The van der Waals surface area contributed by atoms with E-state index in [4.69, 9.17) is 9.47 Å². The number of benzene rings is 2. The van der Waals surface area contributed by atoms with E-state index in [0.29, 0.717) is 35.4 Å². The van der Waals surface area contributed by atoms with Crippen molar-refractivity contribution in [2.75, 3.05) is 13.7 Å². The first-order valence-corrected chi connectivity index (χ1v) is 8.48. The Labute approximate surface area is 152 Å². The minimum absolute atomic E-state index is 0.428. The Hall–Kier alpha value is -3.26. The molecule has 0 atom stereocenters. The van der Waals surface area contributed by atoms with E-state index < -0.39 is 0 Å². The largest absolute Gasteiger partial charge is 0.493 e. The van der Waals surface area contributed by atoms with E-state index in [9.17, 15) is 5.26 Å². The monoisotopic (exact) mass is 347 g/mol. The highest BCUT2D eigenvalue weighted by molar-refractivity contribution is 5.90. The number of hydrogen-bond acceptors (Lipinski definition) is 4. The first kappa shape index (κ1) is 17.6. The molecule has 0 saturated heterocycles. The van der Waals surface area contributed by atoms with Gasteiger partial charge in [0.25, 0.3) is 0 Å². The van der Waals surface area contributed by atoms with Crippen molar-refractivity contribution in [1.82, 2.24) is 9.97 Å². The SMILES string of the molecule is COc1cc(/C=C(/C#N)c2nc3ccccc3[nH]2)ccc1OCC(C)C. The van der Waals surface area contributed by atoms with Crippen LogP contribution in [0, 0.1) is 17.2 Å². The highest BCUT2D eigenvalue weighted by Crippen LogP contribution is 2.30. The number of allylic oxidation sites excluding steroid dienone is 1. The highest BCUT2D eigenvalue weighted by Gasteiger charge is 2.10. The average Bonchev–Trinajstić information content (AvgIpc) is 3.08. The van der Waals surface area contributed by atoms with E-state index >= 15 is 0 Å². The topological polar surface area (TPSA) is 70.9 Å². The summed E-state index contributed by atoms with van der Waals surface area (Å²) in [6.07, 6.45) is 1.78. The number of methoxy groups -OCH3 is 1. The molecule has 3 aromatic rings. The number of nitrogens with zero attached hydrogens (tertiary/aromatic N) is 2. The van der Waals surface area contributed by atoms with Gasteiger partial charge in [-0.2, -0.15) is 5.26 Å². The summed E-state index contributed by atoms with van der Waals surface area (Å²) in [6.45, 7) is 4.81. The molecule has 0 fully saturated rings. The fourth-order valence-corrected chi connectivity index (χ4v) is 2.55. The molecule has 0 aliphatic rings. The molecule has 0 amide bonds. The van der Waals surface area contributed by atoms with Crippen molar-refractivity contribution in [3.8, 4) is 17.6 Å². The van der Waals surface area contributed by atoms with Crippen LogP contribution < -0.4 is 9.47 Å². The average molecular weight is 347 g/mol. The van der Waals surface area contributed by atoms with Crippen molar-refractivity contribution in [3.05, 3.63) is 53.9 Å². The molecule has 1 N–H and O–H groups in total. The molecule has 26 heavy (non-hydrogen) atoms. The number of aromatic amines is 1. The summed E-state index contributed by atoms with van der Waals surface area (Å²) in [7, 11) is 1.61. The zero-order valence-corrected chi connectivity index (χ0v) is 15.1. The van der Waals surface area contributed by atoms with Gasteiger partial charge in [0.1, 0.15) is 11.9 Å². The Kier molecular flexibility index (Phi) is 5.23. The van der Waals surface area contributed by atoms with Crippen LogP contribution in [0.3, 0.4) is 0 Å². The maximum Gasteiger partial charge on any atom is 0.161 e. The lowest BCUT2D eigenvalue weighted by Gasteiger charge is -2.12. The van der Waals surface area contributed by atoms with Gasteiger partial charge in [0.05, 0.1) is 30.3 Å². The third-order valence-corrected chi connectivity index (χ3v) is 3.84. The minimum atomic E-state index is 0.428. The van der Waals surface area contributed by atoms with E-state index in [1.54, 1.807) is 13.2 Å². The Morgan fingerprint density at radius 2 is 2.04 bits per heavy atom. The molecule has 2 aromatic carbocycles. The summed E-state index contributed by atoms with van der Waals surface area (Å²) < 4.78 is 11.2. The molecule has 0 aliphatic carbocycles. The van der Waals surface area contributed by atoms with Gasteiger partial charge in [0.15, 0.2) is 11.5 Å². The summed E-state index contributed by atoms with van der Waals surface area (Å²) in [6, 6.07) is 15.5. The number of nitriles is 1. The van der Waals surface area contributed by atoms with Crippen LogP contribution in [0.4, 0.5) is 0 Å². The van der Waals surface area contributed by atoms with Crippen LogP contribution >= 0.6 is 0 Å². The lowest BCUT2D eigenvalue weighted by molar-refractivity contribution is 0.257. The summed E-state index contributed by atoms with van der Waals surface area (Å²) in [4.78, 5) is 7.67. The van der Waals surface area contributed by atoms with E-state index in [1.807, 2.05) is 42.5 Å². The van der Waals surface area contributed by atoms with Crippen LogP contribution in [0.25, 0.3) is 22.7 Å². The fourth-order valence-electron chi connectivity index (χ4n) is 2.55. The van der Waals surface area contributed by atoms with E-state index in [2.05, 4.69) is 29.9 Å². The van der Waals surface area contributed by atoms with Gasteiger partial charge in [0, 0.05) is 0 Å². The summed E-state index contributed by atoms with van der Waals surface area (Å²) in [5, 5.41) is 9.56. The maximum atomic E-state index is 9.56. The van der Waals surface area contributed by atoms with Crippen molar-refractivity contribution >= 4 is 22.7 Å². The Morgan fingerprint density at radius 1 is 1.23 bits per heavy atom. The van der Waals surface area contributed by atoms with Crippen LogP contribution in [0.1, 0.15) is 25.2 Å². The Bertz CT molecular complexity index is 947. The molecular formula is C21H21N3O2. The molecule has 5 heteroatoms. The number of para-hydroxylation sites is 2. The molecular weight excluding hydrogens is 326 g/mol. The molecule has 5 nitrogen and oxygen atoms in total. The minimum Gasteiger partial charge on any atom is -0.493 e. The van der Waals surface area contributed by atoms with E-state index in [1.165, 1.54) is 0 Å². The third kappa shape index (κ3) is 3.86. The van der Waals surface area contributed by atoms with Crippen LogP contribution in [0.5, 0.6) is 11.5 Å². The highest BCUT2D eigenvalue weighted by atomic mass is 16.5. The van der Waals surface area contributed by atoms with Gasteiger partial charge < -0.3 is 14.5 Å². The second kappa shape index (κ2) is 7.75. The standard InChI is InChI=1S/C21H21N3O2/c1-14(2)13-26-19-9-8-15(11-20(19)25-3)10-16(12-22)21-23-17-6-4-5-7-18(17)24-21/h4-11,14H,13H2,1-3H3,(H,23,24)/b16-10-. The molecule has 0 unspecified atom stereocenters. The van der Waals surface area contributed by atoms with Gasteiger partial charge in [-0.1, -0.05) is 32.0 Å². The van der Waals surface area contributed by atoms with Gasteiger partial charge in [-0.3, -0.25) is 0 Å². The second-order valence-electron chi connectivity index (χ2n) is 6.39. The lowest BCUT2D eigenvalue weighted by atomic mass is 10.1. The van der Waals surface area contributed by atoms with Crippen LogP contribution in [0.15, 0.2) is 42.5 Å². The zero-order chi connectivity index (χ0) is 18.5. The van der Waals surface area contributed by atoms with Crippen molar-refractivity contribution < 1.29 is 9.47 Å². The Morgan fingerprint density at radius 3 is 2.73 bits per heavy atom. The molecule has 0 radical (unpaired) electrons. The number of ether oxygens (including phenoxy) is 2. The van der Waals surface area contributed by atoms with Gasteiger partial charge in [-0.25, -0.2) is 4.98 Å². The van der Waals surface area contributed by atoms with E-state index in [-0.39, 0.29) is 0 Å². The molecule has 1 aromatic heterocycles. The predicted octanol–water partition coefficient (Wildman–Crippen LogP) is 4.67. The number of aromatic nitrogens is 2. The fraction of sp³-hybridized carbons (Fsp3) is 0.238. The first-order valence-electron chi connectivity index (χ1n) is 8.48. The van der Waals surface area contributed by atoms with Gasteiger partial charge in [0.2, 0.25) is 0 Å². The number of rotatable bonds is 6. The number of H-pyrrole nitrogens is 1. The van der Waals surface area contributed by atoms with Crippen molar-refractivity contribution in [2.24, 2.45) is 5.92 Å². The van der Waals surface area contributed by atoms with Gasteiger partial charge in [-0.15, -0.1) is 0 Å². The third-order valence-electron chi connectivity index (χ3n) is 3.84. The Balaban J connectivity index is 1.92. The van der Waals surface area contributed by atoms with Gasteiger partial charge >= 0.3 is 0 Å². The van der Waals surface area contributed by atoms with Crippen molar-refractivity contribution in [2.45, 2.75) is 13.8 Å². The van der Waals surface area contributed by atoms with Crippen LogP contribution in [-0.4, -0.2) is 23.7 Å². The second-order valence-corrected chi connectivity index (χ2v) is 6.39. The van der Waals surface area contributed by atoms with Crippen molar-refractivity contribution in [1.29, 1.82) is 5.26 Å². The molecule has 0 aliphatic heterocycles.